The van der Waals surface area contributed by atoms with E-state index in [1.165, 1.54) is 30.6 Å². The van der Waals surface area contributed by atoms with E-state index in [1.54, 1.807) is 15.6 Å². The number of sulfonamides is 1. The van der Waals surface area contributed by atoms with Crippen LogP contribution >= 0.6 is 11.3 Å². The lowest BCUT2D eigenvalue weighted by Gasteiger charge is -2.31. The van der Waals surface area contributed by atoms with Crippen molar-refractivity contribution in [2.24, 2.45) is 5.73 Å². The molecular weight excluding hydrogens is 542 g/mol. The number of nitrogens with zero attached hydrogens (tertiary/aromatic N) is 3. The molecule has 1 amide bonds. The van der Waals surface area contributed by atoms with Gasteiger partial charge in [0.1, 0.15) is 0 Å². The first kappa shape index (κ1) is 27.9. The van der Waals surface area contributed by atoms with Crippen molar-refractivity contribution < 1.29 is 13.2 Å². The number of carbonyl (C=O) groups excluding carboxylic acids is 1. The number of aromatic amines is 1. The maximum absolute atomic E-state index is 13.0. The van der Waals surface area contributed by atoms with Gasteiger partial charge in [-0.15, -0.1) is 11.3 Å². The normalized spacial score (nSPS) is 20.2. The van der Waals surface area contributed by atoms with Gasteiger partial charge in [-0.2, -0.15) is 0 Å². The second kappa shape index (κ2) is 11.9. The number of nitrogens with two attached hydrogens (primary N) is 1. The Morgan fingerprint density at radius 3 is 2.38 bits per heavy atom. The lowest BCUT2D eigenvalue weighted by Crippen LogP contribution is -2.39. The Morgan fingerprint density at radius 1 is 0.975 bits per heavy atom. The van der Waals surface area contributed by atoms with Crippen molar-refractivity contribution in [2.45, 2.75) is 57.4 Å². The molecule has 0 radical (unpaired) electrons. The minimum Gasteiger partial charge on any atom is -0.366 e. The fourth-order valence-electron chi connectivity index (χ4n) is 6.76. The van der Waals surface area contributed by atoms with Gasteiger partial charge in [0, 0.05) is 41.0 Å². The van der Waals surface area contributed by atoms with Gasteiger partial charge in [0.2, 0.25) is 10.0 Å². The van der Waals surface area contributed by atoms with E-state index in [0.29, 0.717) is 25.1 Å². The van der Waals surface area contributed by atoms with E-state index in [9.17, 15) is 13.2 Å². The molecule has 0 spiro atoms. The van der Waals surface area contributed by atoms with Crippen molar-refractivity contribution in [3.05, 3.63) is 46.5 Å². The van der Waals surface area contributed by atoms with Gasteiger partial charge in [0.15, 0.2) is 0 Å². The second-order valence-electron chi connectivity index (χ2n) is 11.7. The average Bonchev–Trinajstić information content (AvgIpc) is 3.76. The third-order valence-electron chi connectivity index (χ3n) is 8.97. The van der Waals surface area contributed by atoms with Gasteiger partial charge >= 0.3 is 0 Å². The minimum absolute atomic E-state index is 0.229. The molecule has 6 rings (SSSR count). The van der Waals surface area contributed by atoms with Crippen molar-refractivity contribution in [3.63, 3.8) is 0 Å². The molecule has 8 nitrogen and oxygen atoms in total. The molecule has 3 saturated heterocycles. The molecule has 3 N–H and O–H groups in total. The van der Waals surface area contributed by atoms with E-state index < -0.39 is 15.9 Å². The number of amides is 1. The first-order valence-corrected chi connectivity index (χ1v) is 17.3. The van der Waals surface area contributed by atoms with Crippen LogP contribution in [-0.2, 0) is 16.6 Å². The van der Waals surface area contributed by atoms with E-state index >= 15 is 0 Å². The minimum atomic E-state index is -3.24. The number of benzene rings is 1. The van der Waals surface area contributed by atoms with Crippen LogP contribution in [0.4, 0.5) is 0 Å². The number of hydrogen-bond donors (Lipinski definition) is 2. The third-order valence-corrected chi connectivity index (χ3v) is 12.0. The Labute approximate surface area is 241 Å². The van der Waals surface area contributed by atoms with Crippen molar-refractivity contribution in [1.29, 1.82) is 0 Å². The molecule has 0 atom stereocenters. The largest absolute Gasteiger partial charge is 0.366 e. The van der Waals surface area contributed by atoms with Crippen LogP contribution in [0.5, 0.6) is 0 Å². The summed E-state index contributed by atoms with van der Waals surface area (Å²) in [5, 5.41) is 1.02. The van der Waals surface area contributed by atoms with Gasteiger partial charge < -0.3 is 15.6 Å². The number of thiophene rings is 1. The SMILES string of the molecule is NC(=O)c1cc(-c2ccc(CN3CCCC3)s2)cc2c(C3CCN(S(=O)(=O)CCCN4CCCC4)CC3)c[nH]c12. The monoisotopic (exact) mass is 583 g/mol. The molecule has 1 aromatic carbocycles. The standard InChI is InChI=1S/C30H41N5O3S2/c31-30(36)26-19-23(28-7-6-24(39-28)21-34-12-3-4-13-34)18-25-27(20-32-29(25)26)22-8-15-35(16-9-22)40(37,38)17-5-14-33-10-1-2-11-33/h6-7,18-20,22,32H,1-5,8-17,21H2,(H2,31,36). The van der Waals surface area contributed by atoms with Crippen LogP contribution in [0.25, 0.3) is 21.3 Å². The third kappa shape index (κ3) is 6.01. The first-order valence-electron chi connectivity index (χ1n) is 14.8. The Morgan fingerprint density at radius 2 is 1.68 bits per heavy atom. The van der Waals surface area contributed by atoms with Gasteiger partial charge in [-0.05, 0) is 119 Å². The predicted molar refractivity (Wildman–Crippen MR) is 162 cm³/mol. The van der Waals surface area contributed by atoms with Crippen LogP contribution in [0.1, 0.15) is 71.7 Å². The fourth-order valence-corrected chi connectivity index (χ4v) is 9.31. The van der Waals surface area contributed by atoms with Crippen LogP contribution in [-0.4, -0.2) is 85.0 Å². The summed E-state index contributed by atoms with van der Waals surface area (Å²) < 4.78 is 27.8. The Balaban J connectivity index is 1.17. The van der Waals surface area contributed by atoms with Crippen molar-refractivity contribution in [1.82, 2.24) is 19.1 Å². The fraction of sp³-hybridized carbons (Fsp3) is 0.567. The molecule has 0 saturated carbocycles. The summed E-state index contributed by atoms with van der Waals surface area (Å²) in [6.45, 7) is 7.45. The maximum atomic E-state index is 13.0. The van der Waals surface area contributed by atoms with Gasteiger partial charge in [-0.25, -0.2) is 12.7 Å². The zero-order valence-electron chi connectivity index (χ0n) is 23.2. The van der Waals surface area contributed by atoms with Crippen LogP contribution in [0.15, 0.2) is 30.5 Å². The van der Waals surface area contributed by atoms with Crippen LogP contribution in [0.2, 0.25) is 0 Å². The summed E-state index contributed by atoms with van der Waals surface area (Å²) in [7, 11) is -3.24. The molecule has 0 aliphatic carbocycles. The highest BCUT2D eigenvalue weighted by Crippen LogP contribution is 2.39. The number of carbonyl (C=O) groups is 1. The molecule has 0 unspecified atom stereocenters. The number of primary amides is 1. The van der Waals surface area contributed by atoms with Gasteiger partial charge in [-0.1, -0.05) is 0 Å². The topological polar surface area (TPSA) is 103 Å². The number of piperidine rings is 1. The van der Waals surface area contributed by atoms with E-state index in [-0.39, 0.29) is 11.7 Å². The maximum Gasteiger partial charge on any atom is 0.250 e. The van der Waals surface area contributed by atoms with E-state index in [0.717, 1.165) is 79.0 Å². The first-order chi connectivity index (χ1) is 19.4. The Hall–Kier alpha value is -2.24. The summed E-state index contributed by atoms with van der Waals surface area (Å²) in [6.07, 6.45) is 9.24. The van der Waals surface area contributed by atoms with Gasteiger partial charge in [-0.3, -0.25) is 9.69 Å². The molecule has 3 aliphatic heterocycles. The molecule has 216 valence electrons. The van der Waals surface area contributed by atoms with E-state index in [1.807, 2.05) is 12.3 Å². The number of nitrogens with one attached hydrogen (secondary N) is 1. The molecule has 3 aromatic rings. The summed E-state index contributed by atoms with van der Waals surface area (Å²) >= 11 is 1.78. The summed E-state index contributed by atoms with van der Waals surface area (Å²) in [4.78, 5) is 23.1. The lowest BCUT2D eigenvalue weighted by molar-refractivity contribution is 0.100. The van der Waals surface area contributed by atoms with Crippen molar-refractivity contribution >= 4 is 38.2 Å². The average molecular weight is 584 g/mol. The Kier molecular flexibility index (Phi) is 8.33. The number of rotatable bonds is 10. The highest BCUT2D eigenvalue weighted by molar-refractivity contribution is 7.89. The summed E-state index contributed by atoms with van der Waals surface area (Å²) in [5.41, 5.74) is 9.28. The number of H-pyrrole nitrogens is 1. The molecular formula is C30H41N5O3S2. The Bertz CT molecular complexity index is 1440. The van der Waals surface area contributed by atoms with E-state index in [2.05, 4.69) is 33.0 Å². The number of hydrogen-bond acceptors (Lipinski definition) is 6. The molecule has 40 heavy (non-hydrogen) atoms. The molecule has 3 fully saturated rings. The number of fused-ring (bicyclic) bond motifs is 1. The van der Waals surface area contributed by atoms with Crippen molar-refractivity contribution in [3.8, 4) is 10.4 Å². The predicted octanol–water partition coefficient (Wildman–Crippen LogP) is 4.59. The summed E-state index contributed by atoms with van der Waals surface area (Å²) in [6, 6.07) is 8.45. The quantitative estimate of drug-likeness (QED) is 0.364. The van der Waals surface area contributed by atoms with Crippen LogP contribution in [0.3, 0.4) is 0 Å². The molecule has 0 bridgehead atoms. The van der Waals surface area contributed by atoms with Crippen molar-refractivity contribution in [2.75, 3.05) is 51.6 Å². The zero-order chi connectivity index (χ0) is 27.7. The summed E-state index contributed by atoms with van der Waals surface area (Å²) in [5.74, 6) is 0.0198. The zero-order valence-corrected chi connectivity index (χ0v) is 24.9. The van der Waals surface area contributed by atoms with Gasteiger partial charge in [0.25, 0.3) is 5.91 Å². The van der Waals surface area contributed by atoms with E-state index in [4.69, 9.17) is 5.73 Å². The second-order valence-corrected chi connectivity index (χ2v) is 15.0. The van der Waals surface area contributed by atoms with Gasteiger partial charge in [0.05, 0.1) is 16.8 Å². The lowest BCUT2D eigenvalue weighted by atomic mass is 9.89. The number of likely N-dealkylation sites (tertiary alicyclic amines) is 2. The molecule has 10 heteroatoms. The van der Waals surface area contributed by atoms with Crippen LogP contribution in [0, 0.1) is 0 Å². The highest BCUT2D eigenvalue weighted by Gasteiger charge is 2.30. The highest BCUT2D eigenvalue weighted by atomic mass is 32.2. The smallest absolute Gasteiger partial charge is 0.250 e. The molecule has 2 aromatic heterocycles. The molecule has 3 aliphatic rings. The van der Waals surface area contributed by atoms with Crippen LogP contribution < -0.4 is 5.73 Å². The number of aromatic nitrogens is 1. The molecule has 5 heterocycles.